The summed E-state index contributed by atoms with van der Waals surface area (Å²) >= 11 is 0. The van der Waals surface area contributed by atoms with Crippen molar-refractivity contribution in [1.29, 1.82) is 0 Å². The highest BCUT2D eigenvalue weighted by atomic mass is 19.1. The van der Waals surface area contributed by atoms with Crippen LogP contribution in [0.2, 0.25) is 0 Å². The minimum absolute atomic E-state index is 0.360. The highest BCUT2D eigenvalue weighted by Gasteiger charge is 2.06. The minimum atomic E-state index is -0.406. The zero-order valence-electron chi connectivity index (χ0n) is 15.0. The van der Waals surface area contributed by atoms with Crippen molar-refractivity contribution in [3.05, 3.63) is 59.9 Å². The van der Waals surface area contributed by atoms with E-state index in [0.717, 1.165) is 0 Å². The van der Waals surface area contributed by atoms with Crippen molar-refractivity contribution in [1.82, 2.24) is 25.1 Å². The Morgan fingerprint density at radius 1 is 1.19 bits per heavy atom. The van der Waals surface area contributed by atoms with E-state index in [0.29, 0.717) is 41.8 Å². The largest absolute Gasteiger partial charge is 0.368 e. The van der Waals surface area contributed by atoms with Crippen LogP contribution < -0.4 is 16.0 Å². The van der Waals surface area contributed by atoms with Gasteiger partial charge in [0.2, 0.25) is 0 Å². The maximum absolute atomic E-state index is 13.5. The number of carbonyl (C=O) groups is 1. The third-order valence-electron chi connectivity index (χ3n) is 3.71. The third kappa shape index (κ3) is 5.00. The highest BCUT2D eigenvalue weighted by Crippen LogP contribution is 2.13. The molecular formula is C18H20FN7O. The zero-order valence-corrected chi connectivity index (χ0v) is 15.0. The van der Waals surface area contributed by atoms with Crippen LogP contribution in [0.1, 0.15) is 11.4 Å². The van der Waals surface area contributed by atoms with E-state index in [1.54, 1.807) is 49.1 Å². The molecule has 2 amide bonds. The number of urea groups is 1. The Bertz CT molecular complexity index is 927. The summed E-state index contributed by atoms with van der Waals surface area (Å²) in [6.45, 7) is 4.28. The fourth-order valence-corrected chi connectivity index (χ4v) is 2.38. The lowest BCUT2D eigenvalue weighted by Crippen LogP contribution is -2.32. The number of carbonyl (C=O) groups excluding carboxylic acids is 1. The lowest BCUT2D eigenvalue weighted by Gasteiger charge is -2.10. The summed E-state index contributed by atoms with van der Waals surface area (Å²) in [5, 5.41) is 12.6. The molecule has 0 unspecified atom stereocenters. The topological polar surface area (TPSA) is 96.8 Å². The molecule has 27 heavy (non-hydrogen) atoms. The number of nitrogens with one attached hydrogen (secondary N) is 3. The summed E-state index contributed by atoms with van der Waals surface area (Å²) in [4.78, 5) is 20.5. The van der Waals surface area contributed by atoms with Gasteiger partial charge in [0.15, 0.2) is 5.82 Å². The molecule has 140 valence electrons. The third-order valence-corrected chi connectivity index (χ3v) is 3.71. The van der Waals surface area contributed by atoms with Crippen LogP contribution in [-0.4, -0.2) is 38.9 Å². The zero-order chi connectivity index (χ0) is 19.2. The van der Waals surface area contributed by atoms with E-state index in [4.69, 9.17) is 0 Å². The molecule has 0 atom stereocenters. The van der Waals surface area contributed by atoms with E-state index >= 15 is 0 Å². The van der Waals surface area contributed by atoms with E-state index in [-0.39, 0.29) is 5.82 Å². The number of hydrogen-bond acceptors (Lipinski definition) is 5. The van der Waals surface area contributed by atoms with Gasteiger partial charge in [-0.2, -0.15) is 5.10 Å². The Labute approximate surface area is 155 Å². The van der Waals surface area contributed by atoms with Gasteiger partial charge in [-0.05, 0) is 37.6 Å². The van der Waals surface area contributed by atoms with Gasteiger partial charge in [-0.3, -0.25) is 0 Å². The van der Waals surface area contributed by atoms with E-state index in [9.17, 15) is 9.18 Å². The number of benzene rings is 1. The van der Waals surface area contributed by atoms with Gasteiger partial charge in [0.25, 0.3) is 0 Å². The van der Waals surface area contributed by atoms with E-state index < -0.39 is 6.03 Å². The molecule has 3 rings (SSSR count). The van der Waals surface area contributed by atoms with Crippen LogP contribution in [0.5, 0.6) is 0 Å². The van der Waals surface area contributed by atoms with Crippen molar-refractivity contribution >= 4 is 17.5 Å². The molecular weight excluding hydrogens is 349 g/mol. The molecule has 9 heteroatoms. The van der Waals surface area contributed by atoms with Crippen LogP contribution in [-0.2, 0) is 0 Å². The maximum atomic E-state index is 13.5. The van der Waals surface area contributed by atoms with Gasteiger partial charge >= 0.3 is 6.03 Å². The Morgan fingerprint density at radius 2 is 2.04 bits per heavy atom. The summed E-state index contributed by atoms with van der Waals surface area (Å²) in [7, 11) is 0. The number of nitrogens with zero attached hydrogens (tertiary/aromatic N) is 4. The van der Waals surface area contributed by atoms with E-state index in [1.807, 2.05) is 6.07 Å². The number of hydrogen-bond donors (Lipinski definition) is 3. The first-order valence-electron chi connectivity index (χ1n) is 8.42. The van der Waals surface area contributed by atoms with E-state index in [2.05, 4.69) is 31.0 Å². The van der Waals surface area contributed by atoms with Crippen molar-refractivity contribution in [2.24, 2.45) is 0 Å². The van der Waals surface area contributed by atoms with Crippen LogP contribution in [0.3, 0.4) is 0 Å². The van der Waals surface area contributed by atoms with Gasteiger partial charge in [0, 0.05) is 37.2 Å². The second-order valence-electron chi connectivity index (χ2n) is 5.88. The van der Waals surface area contributed by atoms with Gasteiger partial charge in [-0.25, -0.2) is 23.8 Å². The van der Waals surface area contributed by atoms with Gasteiger partial charge in [-0.1, -0.05) is 6.07 Å². The number of rotatable bonds is 6. The molecule has 8 nitrogen and oxygen atoms in total. The predicted octanol–water partition coefficient (Wildman–Crippen LogP) is 2.65. The monoisotopic (exact) mass is 369 g/mol. The lowest BCUT2D eigenvalue weighted by molar-refractivity contribution is 0.252. The van der Waals surface area contributed by atoms with Crippen LogP contribution in [0.25, 0.3) is 5.82 Å². The molecule has 0 radical (unpaired) electrons. The number of anilines is 2. The van der Waals surface area contributed by atoms with Crippen molar-refractivity contribution < 1.29 is 9.18 Å². The fraction of sp³-hybridized carbons (Fsp3) is 0.222. The number of aryl methyl sites for hydroxylation is 2. The number of amides is 2. The van der Waals surface area contributed by atoms with E-state index in [1.165, 1.54) is 6.07 Å². The highest BCUT2D eigenvalue weighted by molar-refractivity contribution is 5.89. The van der Waals surface area contributed by atoms with Crippen molar-refractivity contribution in [2.45, 2.75) is 13.8 Å². The first-order chi connectivity index (χ1) is 13.0. The second-order valence-corrected chi connectivity index (χ2v) is 5.88. The standard InChI is InChI=1S/C18H20FN7O/c1-12-4-5-14(10-15(12)19)25-18(27)21-8-7-20-16-11-17(24-13(2)23-16)26-9-3-6-22-26/h3-6,9-11H,7-8H2,1-2H3,(H,20,23,24)(H2,21,25,27). The molecule has 0 aliphatic heterocycles. The molecule has 0 bridgehead atoms. The summed E-state index contributed by atoms with van der Waals surface area (Å²) in [6, 6.07) is 7.73. The molecule has 0 aliphatic carbocycles. The van der Waals surface area contributed by atoms with Crippen LogP contribution in [0.4, 0.5) is 20.7 Å². The molecule has 0 saturated carbocycles. The Kier molecular flexibility index (Phi) is 5.60. The summed E-state index contributed by atoms with van der Waals surface area (Å²) in [5.74, 6) is 1.54. The van der Waals surface area contributed by atoms with Gasteiger partial charge in [0.1, 0.15) is 17.5 Å². The second kappa shape index (κ2) is 8.26. The first kappa shape index (κ1) is 18.3. The minimum Gasteiger partial charge on any atom is -0.368 e. The Balaban J connectivity index is 1.48. The predicted molar refractivity (Wildman–Crippen MR) is 101 cm³/mol. The molecule has 1 aromatic carbocycles. The average molecular weight is 369 g/mol. The van der Waals surface area contributed by atoms with Crippen LogP contribution in [0, 0.1) is 19.7 Å². The molecule has 3 N–H and O–H groups in total. The van der Waals surface area contributed by atoms with Crippen molar-refractivity contribution in [3.8, 4) is 5.82 Å². The molecule has 2 heterocycles. The number of halogens is 1. The summed E-state index contributed by atoms with van der Waals surface area (Å²) in [5.41, 5.74) is 0.929. The van der Waals surface area contributed by atoms with Crippen molar-refractivity contribution in [3.63, 3.8) is 0 Å². The van der Waals surface area contributed by atoms with Crippen LogP contribution >= 0.6 is 0 Å². The Hall–Kier alpha value is -3.49. The Morgan fingerprint density at radius 3 is 2.78 bits per heavy atom. The SMILES string of the molecule is Cc1nc(NCCNC(=O)Nc2ccc(C)c(F)c2)cc(-n2cccn2)n1. The fourth-order valence-electron chi connectivity index (χ4n) is 2.38. The normalized spacial score (nSPS) is 10.5. The van der Waals surface area contributed by atoms with Crippen LogP contribution in [0.15, 0.2) is 42.7 Å². The average Bonchev–Trinajstić information content (AvgIpc) is 3.16. The molecule has 2 aromatic heterocycles. The summed E-state index contributed by atoms with van der Waals surface area (Å²) < 4.78 is 15.1. The van der Waals surface area contributed by atoms with Crippen molar-refractivity contribution in [2.75, 3.05) is 23.7 Å². The van der Waals surface area contributed by atoms with Gasteiger partial charge in [-0.15, -0.1) is 0 Å². The molecule has 0 aliphatic rings. The summed E-state index contributed by atoms with van der Waals surface area (Å²) in [6.07, 6.45) is 3.47. The molecule has 0 saturated heterocycles. The van der Waals surface area contributed by atoms with Gasteiger partial charge in [0.05, 0.1) is 0 Å². The maximum Gasteiger partial charge on any atom is 0.319 e. The molecule has 0 fully saturated rings. The number of aromatic nitrogens is 4. The quantitative estimate of drug-likeness (QED) is 0.581. The smallest absolute Gasteiger partial charge is 0.319 e. The molecule has 0 spiro atoms. The molecule has 3 aromatic rings. The van der Waals surface area contributed by atoms with Gasteiger partial charge < -0.3 is 16.0 Å². The first-order valence-corrected chi connectivity index (χ1v) is 8.42. The lowest BCUT2D eigenvalue weighted by atomic mass is 10.2.